The van der Waals surface area contributed by atoms with E-state index in [1.807, 2.05) is 43.3 Å². The van der Waals surface area contributed by atoms with Crippen LogP contribution in [0.3, 0.4) is 0 Å². The first kappa shape index (κ1) is 25.2. The zero-order valence-corrected chi connectivity index (χ0v) is 20.4. The molecule has 188 valence electrons. The number of rotatable bonds is 9. The molecule has 1 aliphatic rings. The Bertz CT molecular complexity index is 1200. The third-order valence-corrected chi connectivity index (χ3v) is 6.29. The predicted molar refractivity (Wildman–Crippen MR) is 136 cm³/mol. The number of carbonyl (C=O) groups excluding carboxylic acids is 3. The van der Waals surface area contributed by atoms with E-state index in [-0.39, 0.29) is 29.8 Å². The maximum absolute atomic E-state index is 12.4. The number of nitrogens with zero attached hydrogens (tertiary/aromatic N) is 1. The van der Waals surface area contributed by atoms with Gasteiger partial charge in [0.2, 0.25) is 5.88 Å². The molecule has 0 unspecified atom stereocenters. The molecule has 1 heterocycles. The van der Waals surface area contributed by atoms with Gasteiger partial charge < -0.3 is 20.1 Å². The number of carbonyl (C=O) groups is 3. The van der Waals surface area contributed by atoms with Crippen LogP contribution in [0.2, 0.25) is 0 Å². The standard InChI is InChI=1S/C28H31N3O5/c1-2-35-28(34)20-9-12-24(13-10-20)36-25-14-11-23(18-31-25)27(33)30-16-15-29-26(32)22-8-7-19-5-3-4-6-21(19)17-22/h3-8,11,14,17-18,20,24H,2,9-10,12-13,15-16H2,1H3,(H,29,32)(H,30,33)/t20-,24+. The molecule has 1 aromatic heterocycles. The van der Waals surface area contributed by atoms with E-state index in [9.17, 15) is 14.4 Å². The second kappa shape index (κ2) is 12.2. The van der Waals surface area contributed by atoms with Crippen molar-refractivity contribution in [3.05, 3.63) is 71.9 Å². The molecule has 36 heavy (non-hydrogen) atoms. The SMILES string of the molecule is CCOC(=O)[C@H]1CC[C@@H](Oc2ccc(C(=O)NCCNC(=O)c3ccc4ccccc4c3)cn2)CC1. The first-order chi connectivity index (χ1) is 17.5. The maximum atomic E-state index is 12.4. The molecule has 0 aliphatic heterocycles. The first-order valence-electron chi connectivity index (χ1n) is 12.4. The number of ether oxygens (including phenoxy) is 2. The van der Waals surface area contributed by atoms with Crippen molar-refractivity contribution in [2.75, 3.05) is 19.7 Å². The Kier molecular flexibility index (Phi) is 8.49. The smallest absolute Gasteiger partial charge is 0.308 e. The van der Waals surface area contributed by atoms with Crippen LogP contribution in [0.1, 0.15) is 53.3 Å². The van der Waals surface area contributed by atoms with Crippen molar-refractivity contribution in [3.63, 3.8) is 0 Å². The van der Waals surface area contributed by atoms with Crippen molar-refractivity contribution in [2.24, 2.45) is 5.92 Å². The molecule has 8 nitrogen and oxygen atoms in total. The highest BCUT2D eigenvalue weighted by Gasteiger charge is 2.28. The van der Waals surface area contributed by atoms with E-state index in [1.54, 1.807) is 18.2 Å². The van der Waals surface area contributed by atoms with Gasteiger partial charge in [-0.1, -0.05) is 30.3 Å². The Morgan fingerprint density at radius 2 is 1.53 bits per heavy atom. The van der Waals surface area contributed by atoms with E-state index in [0.29, 0.717) is 36.7 Å². The molecule has 1 aliphatic carbocycles. The van der Waals surface area contributed by atoms with Crippen molar-refractivity contribution in [2.45, 2.75) is 38.7 Å². The van der Waals surface area contributed by atoms with E-state index in [2.05, 4.69) is 15.6 Å². The van der Waals surface area contributed by atoms with E-state index in [4.69, 9.17) is 9.47 Å². The number of esters is 1. The molecular weight excluding hydrogens is 458 g/mol. The number of hydrogen-bond donors (Lipinski definition) is 2. The Balaban J connectivity index is 1.18. The average molecular weight is 490 g/mol. The fourth-order valence-corrected chi connectivity index (χ4v) is 4.32. The van der Waals surface area contributed by atoms with Crippen LogP contribution >= 0.6 is 0 Å². The lowest BCUT2D eigenvalue weighted by molar-refractivity contribution is -0.149. The van der Waals surface area contributed by atoms with Gasteiger partial charge in [-0.15, -0.1) is 0 Å². The summed E-state index contributed by atoms with van der Waals surface area (Å²) in [6.45, 7) is 2.81. The number of pyridine rings is 1. The summed E-state index contributed by atoms with van der Waals surface area (Å²) >= 11 is 0. The third kappa shape index (κ3) is 6.59. The van der Waals surface area contributed by atoms with Crippen molar-refractivity contribution in [3.8, 4) is 5.88 Å². The maximum Gasteiger partial charge on any atom is 0.308 e. The fraction of sp³-hybridized carbons (Fsp3) is 0.357. The van der Waals surface area contributed by atoms with Gasteiger partial charge in [-0.25, -0.2) is 4.98 Å². The van der Waals surface area contributed by atoms with Crippen LogP contribution in [0.4, 0.5) is 0 Å². The van der Waals surface area contributed by atoms with Gasteiger partial charge in [0.25, 0.3) is 11.8 Å². The molecule has 8 heteroatoms. The minimum atomic E-state index is -0.274. The normalized spacial score (nSPS) is 17.2. The second-order valence-corrected chi connectivity index (χ2v) is 8.80. The number of benzene rings is 2. The first-order valence-corrected chi connectivity index (χ1v) is 12.4. The molecule has 1 fully saturated rings. The number of hydrogen-bond acceptors (Lipinski definition) is 6. The van der Waals surface area contributed by atoms with E-state index in [0.717, 1.165) is 36.5 Å². The van der Waals surface area contributed by atoms with Gasteiger partial charge in [0.15, 0.2) is 0 Å². The van der Waals surface area contributed by atoms with Crippen molar-refractivity contribution < 1.29 is 23.9 Å². The van der Waals surface area contributed by atoms with Crippen molar-refractivity contribution in [1.82, 2.24) is 15.6 Å². The topological polar surface area (TPSA) is 107 Å². The Morgan fingerprint density at radius 1 is 0.861 bits per heavy atom. The molecule has 0 spiro atoms. The Morgan fingerprint density at radius 3 is 2.19 bits per heavy atom. The zero-order chi connectivity index (χ0) is 25.3. The number of nitrogens with one attached hydrogen (secondary N) is 2. The second-order valence-electron chi connectivity index (χ2n) is 8.80. The molecule has 0 saturated heterocycles. The Labute approximate surface area is 210 Å². The quantitative estimate of drug-likeness (QED) is 0.349. The largest absolute Gasteiger partial charge is 0.474 e. The summed E-state index contributed by atoms with van der Waals surface area (Å²) in [5.74, 6) is -0.189. The number of amides is 2. The van der Waals surface area contributed by atoms with E-state index >= 15 is 0 Å². The van der Waals surface area contributed by atoms with Crippen LogP contribution in [-0.4, -0.2) is 48.6 Å². The summed E-state index contributed by atoms with van der Waals surface area (Å²) in [6.07, 6.45) is 4.47. The van der Waals surface area contributed by atoms with Crippen LogP contribution < -0.4 is 15.4 Å². The van der Waals surface area contributed by atoms with Gasteiger partial charge >= 0.3 is 5.97 Å². The summed E-state index contributed by atoms with van der Waals surface area (Å²) in [7, 11) is 0. The Hall–Kier alpha value is -3.94. The van der Waals surface area contributed by atoms with Crippen molar-refractivity contribution in [1.29, 1.82) is 0 Å². The summed E-state index contributed by atoms with van der Waals surface area (Å²) in [5, 5.41) is 7.69. The number of fused-ring (bicyclic) bond motifs is 1. The lowest BCUT2D eigenvalue weighted by Crippen LogP contribution is -2.34. The lowest BCUT2D eigenvalue weighted by Gasteiger charge is -2.27. The summed E-state index contributed by atoms with van der Waals surface area (Å²) in [4.78, 5) is 40.9. The van der Waals surface area contributed by atoms with Gasteiger partial charge in [0, 0.05) is 30.9 Å². The molecule has 2 aromatic carbocycles. The predicted octanol–water partition coefficient (Wildman–Crippen LogP) is 3.90. The molecule has 0 radical (unpaired) electrons. The highest BCUT2D eigenvalue weighted by Crippen LogP contribution is 2.28. The molecule has 1 saturated carbocycles. The van der Waals surface area contributed by atoms with Gasteiger partial charge in [-0.3, -0.25) is 14.4 Å². The van der Waals surface area contributed by atoms with Crippen LogP contribution in [0.25, 0.3) is 10.8 Å². The average Bonchev–Trinajstić information content (AvgIpc) is 2.91. The monoisotopic (exact) mass is 489 g/mol. The highest BCUT2D eigenvalue weighted by molar-refractivity contribution is 5.98. The van der Waals surface area contributed by atoms with Crippen LogP contribution in [0.5, 0.6) is 5.88 Å². The molecule has 2 amide bonds. The molecule has 0 bridgehead atoms. The fourth-order valence-electron chi connectivity index (χ4n) is 4.32. The van der Waals surface area contributed by atoms with Gasteiger partial charge in [0.1, 0.15) is 6.10 Å². The lowest BCUT2D eigenvalue weighted by atomic mass is 9.87. The van der Waals surface area contributed by atoms with Crippen LogP contribution in [0.15, 0.2) is 60.8 Å². The summed E-state index contributed by atoms with van der Waals surface area (Å²) in [6, 6.07) is 16.8. The molecular formula is C28H31N3O5. The highest BCUT2D eigenvalue weighted by atomic mass is 16.5. The van der Waals surface area contributed by atoms with Crippen LogP contribution in [0, 0.1) is 5.92 Å². The molecule has 3 aromatic rings. The minimum absolute atomic E-state index is 0.00549. The zero-order valence-electron chi connectivity index (χ0n) is 20.4. The minimum Gasteiger partial charge on any atom is -0.474 e. The van der Waals surface area contributed by atoms with Crippen LogP contribution in [-0.2, 0) is 9.53 Å². The van der Waals surface area contributed by atoms with E-state index in [1.165, 1.54) is 6.20 Å². The molecule has 4 rings (SSSR count). The molecule has 0 atom stereocenters. The number of aromatic nitrogens is 1. The summed E-state index contributed by atoms with van der Waals surface area (Å²) in [5.41, 5.74) is 0.989. The van der Waals surface area contributed by atoms with Gasteiger partial charge in [0.05, 0.1) is 18.1 Å². The molecule has 2 N–H and O–H groups in total. The van der Waals surface area contributed by atoms with Crippen molar-refractivity contribution >= 4 is 28.6 Å². The summed E-state index contributed by atoms with van der Waals surface area (Å²) < 4.78 is 11.0. The third-order valence-electron chi connectivity index (χ3n) is 6.29. The van der Waals surface area contributed by atoms with E-state index < -0.39 is 0 Å². The van der Waals surface area contributed by atoms with Gasteiger partial charge in [-0.2, -0.15) is 0 Å². The van der Waals surface area contributed by atoms with Gasteiger partial charge in [-0.05, 0) is 61.6 Å².